The molecule has 2 atom stereocenters. The van der Waals surface area contributed by atoms with Crippen LogP contribution in [0.5, 0.6) is 0 Å². The number of benzene rings is 1. The first-order valence-electron chi connectivity index (χ1n) is 7.69. The van der Waals surface area contributed by atoms with Crippen molar-refractivity contribution >= 4 is 11.9 Å². The number of esters is 1. The van der Waals surface area contributed by atoms with Crippen LogP contribution in [-0.2, 0) is 20.7 Å². The van der Waals surface area contributed by atoms with Crippen molar-refractivity contribution in [3.05, 3.63) is 35.9 Å². The number of carbonyl (C=O) groups excluding carboxylic acids is 2. The van der Waals surface area contributed by atoms with Crippen molar-refractivity contribution in [3.63, 3.8) is 0 Å². The number of carbonyl (C=O) groups is 2. The minimum Gasteiger partial charge on any atom is -0.461 e. The largest absolute Gasteiger partial charge is 0.461 e. The molecule has 0 bridgehead atoms. The lowest BCUT2D eigenvalue weighted by Gasteiger charge is -2.35. The fourth-order valence-corrected chi connectivity index (χ4v) is 2.76. The van der Waals surface area contributed by atoms with Crippen molar-refractivity contribution in [3.8, 4) is 0 Å². The molecule has 2 unspecified atom stereocenters. The van der Waals surface area contributed by atoms with Gasteiger partial charge in [0.15, 0.2) is 0 Å². The van der Waals surface area contributed by atoms with Crippen LogP contribution in [-0.4, -0.2) is 18.0 Å². The summed E-state index contributed by atoms with van der Waals surface area (Å²) in [5.74, 6) is -0.274. The fraction of sp³-hybridized carbons (Fsp3) is 0.529. The zero-order chi connectivity index (χ0) is 15.1. The number of rotatable bonds is 9. The monoisotopic (exact) mass is 289 g/mol. The summed E-state index contributed by atoms with van der Waals surface area (Å²) in [4.78, 5) is 22.2. The Kier molecular flexibility index (Phi) is 5.78. The highest BCUT2D eigenvalue weighted by atomic mass is 16.6. The summed E-state index contributed by atoms with van der Waals surface area (Å²) in [6.45, 7) is 0. The number of primary amides is 1. The highest BCUT2D eigenvalue weighted by Crippen LogP contribution is 2.31. The van der Waals surface area contributed by atoms with Gasteiger partial charge in [0.1, 0.15) is 6.10 Å². The van der Waals surface area contributed by atoms with Gasteiger partial charge in [0, 0.05) is 6.42 Å². The van der Waals surface area contributed by atoms with Gasteiger partial charge in [0.25, 0.3) is 0 Å². The average Bonchev–Trinajstić information content (AvgIpc) is 2.47. The maximum atomic E-state index is 11.5. The number of cyclic esters (lactones) is 1. The number of aryl methyl sites for hydroxylation is 1. The molecule has 114 valence electrons. The van der Waals surface area contributed by atoms with E-state index in [4.69, 9.17) is 10.5 Å². The van der Waals surface area contributed by atoms with Gasteiger partial charge < -0.3 is 10.5 Å². The van der Waals surface area contributed by atoms with Crippen molar-refractivity contribution in [1.82, 2.24) is 0 Å². The molecule has 1 aliphatic rings. The maximum Gasteiger partial charge on any atom is 0.313 e. The normalized spacial score (nSPS) is 20.7. The zero-order valence-electron chi connectivity index (χ0n) is 12.3. The second-order valence-electron chi connectivity index (χ2n) is 5.67. The number of hydrogen-bond acceptors (Lipinski definition) is 3. The molecule has 1 aromatic carbocycles. The van der Waals surface area contributed by atoms with Crippen molar-refractivity contribution in [2.75, 3.05) is 0 Å². The van der Waals surface area contributed by atoms with E-state index in [-0.39, 0.29) is 23.9 Å². The third-order valence-corrected chi connectivity index (χ3v) is 4.02. The smallest absolute Gasteiger partial charge is 0.313 e. The van der Waals surface area contributed by atoms with E-state index in [2.05, 4.69) is 12.1 Å². The molecule has 2 rings (SSSR count). The molecule has 21 heavy (non-hydrogen) atoms. The first-order chi connectivity index (χ1) is 10.2. The van der Waals surface area contributed by atoms with Gasteiger partial charge >= 0.3 is 5.97 Å². The molecule has 4 nitrogen and oxygen atoms in total. The van der Waals surface area contributed by atoms with Crippen molar-refractivity contribution in [1.29, 1.82) is 0 Å². The van der Waals surface area contributed by atoms with Crippen LogP contribution in [0.4, 0.5) is 0 Å². The molecule has 0 radical (unpaired) electrons. The Hall–Kier alpha value is -1.84. The molecule has 0 spiro atoms. The van der Waals surface area contributed by atoms with Gasteiger partial charge in [0.05, 0.1) is 5.92 Å². The molecule has 0 saturated carbocycles. The summed E-state index contributed by atoms with van der Waals surface area (Å²) in [7, 11) is 0. The zero-order valence-corrected chi connectivity index (χ0v) is 12.3. The second kappa shape index (κ2) is 7.81. The molecule has 1 aromatic rings. The predicted molar refractivity (Wildman–Crippen MR) is 80.4 cm³/mol. The molecule has 1 amide bonds. The summed E-state index contributed by atoms with van der Waals surface area (Å²) in [5, 5.41) is 0. The number of unbranched alkanes of at least 4 members (excludes halogenated alkanes) is 2. The molecule has 4 heteroatoms. The summed E-state index contributed by atoms with van der Waals surface area (Å²) in [5.41, 5.74) is 6.38. The fourth-order valence-electron chi connectivity index (χ4n) is 2.76. The number of ether oxygens (including phenoxy) is 1. The molecular formula is C17H23NO3. The molecule has 1 heterocycles. The van der Waals surface area contributed by atoms with Crippen molar-refractivity contribution < 1.29 is 14.3 Å². The van der Waals surface area contributed by atoms with Gasteiger partial charge in [-0.15, -0.1) is 0 Å². The first kappa shape index (κ1) is 15.5. The van der Waals surface area contributed by atoms with Crippen molar-refractivity contribution in [2.24, 2.45) is 11.7 Å². The van der Waals surface area contributed by atoms with Gasteiger partial charge in [-0.2, -0.15) is 0 Å². The minimum absolute atomic E-state index is 0.0438. The van der Waals surface area contributed by atoms with E-state index in [1.807, 2.05) is 18.2 Å². The summed E-state index contributed by atoms with van der Waals surface area (Å²) >= 11 is 0. The second-order valence-corrected chi connectivity index (χ2v) is 5.67. The van der Waals surface area contributed by atoms with Crippen LogP contribution in [0.25, 0.3) is 0 Å². The first-order valence-corrected chi connectivity index (χ1v) is 7.69. The Morgan fingerprint density at radius 1 is 1.10 bits per heavy atom. The van der Waals surface area contributed by atoms with Crippen molar-refractivity contribution in [2.45, 2.75) is 51.0 Å². The predicted octanol–water partition coefficient (Wildman–Crippen LogP) is 2.60. The van der Waals surface area contributed by atoms with Crippen LogP contribution in [0.3, 0.4) is 0 Å². The number of nitrogens with two attached hydrogens (primary N) is 1. The van der Waals surface area contributed by atoms with Gasteiger partial charge in [-0.1, -0.05) is 43.2 Å². The van der Waals surface area contributed by atoms with E-state index < -0.39 is 0 Å². The van der Waals surface area contributed by atoms with Gasteiger partial charge in [0.2, 0.25) is 5.91 Å². The lowest BCUT2D eigenvalue weighted by molar-refractivity contribution is -0.185. The van der Waals surface area contributed by atoms with Crippen LogP contribution in [0.2, 0.25) is 0 Å². The van der Waals surface area contributed by atoms with E-state index in [1.165, 1.54) is 5.56 Å². The standard InChI is InChI=1S/C17H23NO3/c18-16(19)10-6-2-5-9-14-15(21-17(14)20)12-11-13-7-3-1-4-8-13/h1,3-4,7-8,14-15H,2,5-6,9-12H2,(H2,18,19). The number of hydrogen-bond donors (Lipinski definition) is 1. The Bertz CT molecular complexity index is 472. The molecule has 0 aliphatic carbocycles. The van der Waals surface area contributed by atoms with Crippen LogP contribution in [0, 0.1) is 5.92 Å². The quantitative estimate of drug-likeness (QED) is 0.561. The summed E-state index contributed by atoms with van der Waals surface area (Å²) < 4.78 is 5.26. The van der Waals surface area contributed by atoms with E-state index in [9.17, 15) is 9.59 Å². The van der Waals surface area contributed by atoms with Crippen LogP contribution >= 0.6 is 0 Å². The molecule has 2 N–H and O–H groups in total. The minimum atomic E-state index is -0.251. The molecule has 0 aromatic heterocycles. The molecule has 1 aliphatic heterocycles. The van der Waals surface area contributed by atoms with Gasteiger partial charge in [-0.25, -0.2) is 0 Å². The third-order valence-electron chi connectivity index (χ3n) is 4.02. The topological polar surface area (TPSA) is 69.4 Å². The average molecular weight is 289 g/mol. The van der Waals surface area contributed by atoms with Crippen LogP contribution in [0.1, 0.15) is 44.1 Å². The molecular weight excluding hydrogens is 266 g/mol. The Balaban J connectivity index is 1.65. The Morgan fingerprint density at radius 2 is 1.86 bits per heavy atom. The highest BCUT2D eigenvalue weighted by molar-refractivity contribution is 5.78. The van der Waals surface area contributed by atoms with Gasteiger partial charge in [-0.05, 0) is 31.2 Å². The van der Waals surface area contributed by atoms with Gasteiger partial charge in [-0.3, -0.25) is 9.59 Å². The summed E-state index contributed by atoms with van der Waals surface area (Å²) in [6.07, 6.45) is 5.90. The third kappa shape index (κ3) is 4.88. The summed E-state index contributed by atoms with van der Waals surface area (Å²) in [6, 6.07) is 10.2. The van der Waals surface area contributed by atoms with E-state index in [0.29, 0.717) is 6.42 Å². The SMILES string of the molecule is NC(=O)CCCCCC1C(=O)OC1CCc1ccccc1. The molecule has 1 fully saturated rings. The Morgan fingerprint density at radius 3 is 2.52 bits per heavy atom. The van der Waals surface area contributed by atoms with Crippen LogP contribution in [0.15, 0.2) is 30.3 Å². The van der Waals surface area contributed by atoms with E-state index >= 15 is 0 Å². The van der Waals surface area contributed by atoms with E-state index in [1.54, 1.807) is 0 Å². The Labute approximate surface area is 125 Å². The maximum absolute atomic E-state index is 11.5. The number of amides is 1. The lowest BCUT2D eigenvalue weighted by atomic mass is 9.87. The lowest BCUT2D eigenvalue weighted by Crippen LogP contribution is -2.45. The van der Waals surface area contributed by atoms with Crippen LogP contribution < -0.4 is 5.73 Å². The van der Waals surface area contributed by atoms with E-state index in [0.717, 1.165) is 38.5 Å². The molecule has 1 saturated heterocycles. The highest BCUT2D eigenvalue weighted by Gasteiger charge is 2.40.